The summed E-state index contributed by atoms with van der Waals surface area (Å²) in [5, 5.41) is 16.4. The first-order valence-electron chi connectivity index (χ1n) is 11.4. The standard InChI is InChI=1S/C26H28BrN5O2S/c1-19-8-6-9-20(14-19)18-34-25-23(27)15-21(16-24(25)33-2)17-28-12-7-13-35-26-29-30-31-32(26)22-10-4-3-5-11-22/h3-6,8-11,14-16,28H,7,12-13,17-18H2,1-2H3. The van der Waals surface area contributed by atoms with E-state index in [0.717, 1.165) is 51.7 Å². The zero-order chi connectivity index (χ0) is 24.5. The number of nitrogens with one attached hydrogen (secondary N) is 1. The zero-order valence-electron chi connectivity index (χ0n) is 19.8. The predicted octanol–water partition coefficient (Wildman–Crippen LogP) is 5.59. The monoisotopic (exact) mass is 553 g/mol. The highest BCUT2D eigenvalue weighted by atomic mass is 79.9. The number of halogens is 1. The van der Waals surface area contributed by atoms with E-state index in [1.807, 2.05) is 42.5 Å². The lowest BCUT2D eigenvalue weighted by Crippen LogP contribution is -2.15. The molecule has 0 radical (unpaired) electrons. The van der Waals surface area contributed by atoms with Crippen molar-refractivity contribution in [2.75, 3.05) is 19.4 Å². The second-order valence-electron chi connectivity index (χ2n) is 7.97. The normalized spacial score (nSPS) is 10.9. The fourth-order valence-corrected chi connectivity index (χ4v) is 5.00. The van der Waals surface area contributed by atoms with Gasteiger partial charge in [0, 0.05) is 12.3 Å². The van der Waals surface area contributed by atoms with E-state index < -0.39 is 0 Å². The summed E-state index contributed by atoms with van der Waals surface area (Å²) in [7, 11) is 1.67. The van der Waals surface area contributed by atoms with Crippen molar-refractivity contribution in [1.82, 2.24) is 25.5 Å². The average Bonchev–Trinajstić information content (AvgIpc) is 3.34. The number of tetrazole rings is 1. The van der Waals surface area contributed by atoms with Crippen LogP contribution >= 0.6 is 27.7 Å². The number of hydrogen-bond donors (Lipinski definition) is 1. The van der Waals surface area contributed by atoms with Crippen LogP contribution in [0, 0.1) is 6.92 Å². The third-order valence-corrected chi connectivity index (χ3v) is 6.85. The quantitative estimate of drug-likeness (QED) is 0.181. The molecule has 0 unspecified atom stereocenters. The van der Waals surface area contributed by atoms with E-state index >= 15 is 0 Å². The summed E-state index contributed by atoms with van der Waals surface area (Å²) in [6.45, 7) is 4.18. The van der Waals surface area contributed by atoms with Crippen molar-refractivity contribution in [1.29, 1.82) is 0 Å². The summed E-state index contributed by atoms with van der Waals surface area (Å²) in [5.74, 6) is 2.34. The van der Waals surface area contributed by atoms with E-state index in [1.165, 1.54) is 5.56 Å². The molecule has 35 heavy (non-hydrogen) atoms. The van der Waals surface area contributed by atoms with E-state index in [0.29, 0.717) is 18.1 Å². The Kier molecular flexibility index (Phi) is 9.16. The van der Waals surface area contributed by atoms with Crippen molar-refractivity contribution in [2.45, 2.75) is 31.7 Å². The fourth-order valence-electron chi connectivity index (χ4n) is 3.57. The first-order valence-corrected chi connectivity index (χ1v) is 13.1. The Balaban J connectivity index is 1.24. The minimum atomic E-state index is 0.486. The molecule has 0 amide bonds. The van der Waals surface area contributed by atoms with Crippen molar-refractivity contribution in [2.24, 2.45) is 0 Å². The highest BCUT2D eigenvalue weighted by molar-refractivity contribution is 9.10. The minimum absolute atomic E-state index is 0.486. The summed E-state index contributed by atoms with van der Waals surface area (Å²) in [6.07, 6.45) is 0.988. The molecular formula is C26H28BrN5O2S. The third kappa shape index (κ3) is 7.06. The molecule has 4 rings (SSSR count). The van der Waals surface area contributed by atoms with Gasteiger partial charge >= 0.3 is 0 Å². The number of ether oxygens (including phenoxy) is 2. The molecule has 0 saturated heterocycles. The molecule has 0 bridgehead atoms. The van der Waals surface area contributed by atoms with Gasteiger partial charge in [0.05, 0.1) is 17.3 Å². The van der Waals surface area contributed by atoms with Gasteiger partial charge in [0.25, 0.3) is 0 Å². The summed E-state index contributed by atoms with van der Waals surface area (Å²) >= 11 is 5.30. The van der Waals surface area contributed by atoms with E-state index in [-0.39, 0.29) is 0 Å². The van der Waals surface area contributed by atoms with Gasteiger partial charge in [-0.15, -0.1) is 5.10 Å². The highest BCUT2D eigenvalue weighted by Gasteiger charge is 2.12. The highest BCUT2D eigenvalue weighted by Crippen LogP contribution is 2.37. The van der Waals surface area contributed by atoms with Gasteiger partial charge in [-0.2, -0.15) is 4.68 Å². The maximum atomic E-state index is 6.08. The predicted molar refractivity (Wildman–Crippen MR) is 142 cm³/mol. The summed E-state index contributed by atoms with van der Waals surface area (Å²) in [5.41, 5.74) is 4.42. The molecule has 0 aliphatic carbocycles. The van der Waals surface area contributed by atoms with Gasteiger partial charge in [-0.05, 0) is 81.6 Å². The molecule has 0 saturated carbocycles. The number of methoxy groups -OCH3 is 1. The lowest BCUT2D eigenvalue weighted by molar-refractivity contribution is 0.282. The molecular weight excluding hydrogens is 526 g/mol. The number of rotatable bonds is 12. The van der Waals surface area contributed by atoms with Gasteiger partial charge in [-0.1, -0.05) is 59.8 Å². The lowest BCUT2D eigenvalue weighted by atomic mass is 10.1. The Morgan fingerprint density at radius 1 is 1.03 bits per heavy atom. The minimum Gasteiger partial charge on any atom is -0.493 e. The van der Waals surface area contributed by atoms with Crippen molar-refractivity contribution >= 4 is 27.7 Å². The number of benzene rings is 3. The van der Waals surface area contributed by atoms with E-state index in [1.54, 1.807) is 23.6 Å². The summed E-state index contributed by atoms with van der Waals surface area (Å²) in [6, 6.07) is 22.3. The number of nitrogens with zero attached hydrogens (tertiary/aromatic N) is 4. The largest absolute Gasteiger partial charge is 0.493 e. The molecule has 0 atom stereocenters. The molecule has 0 spiro atoms. The van der Waals surface area contributed by atoms with Crippen molar-refractivity contribution < 1.29 is 9.47 Å². The van der Waals surface area contributed by atoms with Crippen LogP contribution in [0.25, 0.3) is 5.69 Å². The van der Waals surface area contributed by atoms with Crippen LogP contribution in [0.15, 0.2) is 76.4 Å². The lowest BCUT2D eigenvalue weighted by Gasteiger charge is -2.15. The molecule has 1 aromatic heterocycles. The zero-order valence-corrected chi connectivity index (χ0v) is 22.2. The molecule has 0 aliphatic rings. The molecule has 0 fully saturated rings. The van der Waals surface area contributed by atoms with Crippen LogP contribution in [0.5, 0.6) is 11.5 Å². The summed E-state index contributed by atoms with van der Waals surface area (Å²) in [4.78, 5) is 0. The molecule has 0 aliphatic heterocycles. The van der Waals surface area contributed by atoms with Crippen LogP contribution in [0.1, 0.15) is 23.1 Å². The average molecular weight is 555 g/mol. The van der Waals surface area contributed by atoms with Crippen molar-refractivity contribution in [3.63, 3.8) is 0 Å². The first kappa shape index (κ1) is 25.2. The maximum absolute atomic E-state index is 6.08. The third-order valence-electron chi connectivity index (χ3n) is 5.25. The number of thioether (sulfide) groups is 1. The van der Waals surface area contributed by atoms with Gasteiger partial charge in [-0.25, -0.2) is 0 Å². The molecule has 182 valence electrons. The number of hydrogen-bond acceptors (Lipinski definition) is 7. The number of aromatic nitrogens is 4. The molecule has 1 heterocycles. The SMILES string of the molecule is COc1cc(CNCCCSc2nnnn2-c2ccccc2)cc(Br)c1OCc1cccc(C)c1. The molecule has 3 aromatic carbocycles. The van der Waals surface area contributed by atoms with E-state index in [4.69, 9.17) is 9.47 Å². The second-order valence-corrected chi connectivity index (χ2v) is 9.89. The first-order chi connectivity index (χ1) is 17.1. The van der Waals surface area contributed by atoms with Gasteiger partial charge in [0.1, 0.15) is 6.61 Å². The smallest absolute Gasteiger partial charge is 0.214 e. The summed E-state index contributed by atoms with van der Waals surface area (Å²) < 4.78 is 14.3. The van der Waals surface area contributed by atoms with Gasteiger partial charge in [0.15, 0.2) is 11.5 Å². The molecule has 1 N–H and O–H groups in total. The number of aryl methyl sites for hydroxylation is 1. The Morgan fingerprint density at radius 2 is 1.89 bits per heavy atom. The van der Waals surface area contributed by atoms with Crippen molar-refractivity contribution in [3.05, 3.63) is 87.9 Å². The van der Waals surface area contributed by atoms with Crippen LogP contribution in [-0.2, 0) is 13.2 Å². The van der Waals surface area contributed by atoms with Crippen LogP contribution in [-0.4, -0.2) is 39.6 Å². The Morgan fingerprint density at radius 3 is 2.69 bits per heavy atom. The number of para-hydroxylation sites is 1. The van der Waals surface area contributed by atoms with Crippen LogP contribution < -0.4 is 14.8 Å². The van der Waals surface area contributed by atoms with Crippen LogP contribution in [0.2, 0.25) is 0 Å². The van der Waals surface area contributed by atoms with Gasteiger partial charge < -0.3 is 14.8 Å². The topological polar surface area (TPSA) is 74.1 Å². The van der Waals surface area contributed by atoms with E-state index in [9.17, 15) is 0 Å². The maximum Gasteiger partial charge on any atom is 0.214 e. The Hall–Kier alpha value is -2.88. The molecule has 4 aromatic rings. The van der Waals surface area contributed by atoms with Crippen LogP contribution in [0.4, 0.5) is 0 Å². The molecule has 7 nitrogen and oxygen atoms in total. The van der Waals surface area contributed by atoms with Crippen molar-refractivity contribution in [3.8, 4) is 17.2 Å². The Bertz CT molecular complexity index is 1240. The molecule has 9 heteroatoms. The Labute approximate surface area is 218 Å². The van der Waals surface area contributed by atoms with Gasteiger partial charge in [0.2, 0.25) is 5.16 Å². The fraction of sp³-hybridized carbons (Fsp3) is 0.269. The van der Waals surface area contributed by atoms with Crippen LogP contribution in [0.3, 0.4) is 0 Å². The second kappa shape index (κ2) is 12.7. The van der Waals surface area contributed by atoms with Gasteiger partial charge in [-0.3, -0.25) is 0 Å². The van der Waals surface area contributed by atoms with E-state index in [2.05, 4.69) is 68.0 Å².